The molecular weight excluding hydrogens is 212 g/mol. The lowest BCUT2D eigenvalue weighted by molar-refractivity contribution is -0.120. The normalized spacial score (nSPS) is 24.3. The first-order valence-corrected chi connectivity index (χ1v) is 7.27. The number of carbonyl (C=O) groups is 1. The summed E-state index contributed by atoms with van der Waals surface area (Å²) in [6.45, 7) is 7.29. The van der Waals surface area contributed by atoms with E-state index in [0.717, 1.165) is 32.0 Å². The molecule has 0 amide bonds. The summed E-state index contributed by atoms with van der Waals surface area (Å²) in [5.41, 5.74) is 0. The van der Waals surface area contributed by atoms with Crippen molar-refractivity contribution in [2.24, 2.45) is 0 Å². The SMILES string of the molecule is CCCC(=O)CN1CCN(C2CCCC2)CC1. The molecule has 0 spiro atoms. The van der Waals surface area contributed by atoms with Gasteiger partial charge in [-0.05, 0) is 19.3 Å². The minimum absolute atomic E-state index is 0.418. The molecule has 3 nitrogen and oxygen atoms in total. The Kier molecular flexibility index (Phi) is 4.99. The summed E-state index contributed by atoms with van der Waals surface area (Å²) >= 11 is 0. The summed E-state index contributed by atoms with van der Waals surface area (Å²) in [5.74, 6) is 0.418. The molecule has 0 aromatic heterocycles. The average Bonchev–Trinajstić information content (AvgIpc) is 2.84. The number of piperazine rings is 1. The predicted molar refractivity (Wildman–Crippen MR) is 70.2 cm³/mol. The highest BCUT2D eigenvalue weighted by molar-refractivity contribution is 5.80. The first-order valence-electron chi connectivity index (χ1n) is 7.27. The van der Waals surface area contributed by atoms with Gasteiger partial charge in [0.2, 0.25) is 0 Å². The van der Waals surface area contributed by atoms with E-state index in [4.69, 9.17) is 0 Å². The van der Waals surface area contributed by atoms with Crippen LogP contribution in [0.3, 0.4) is 0 Å². The quantitative estimate of drug-likeness (QED) is 0.731. The van der Waals surface area contributed by atoms with Crippen LogP contribution in [0.15, 0.2) is 0 Å². The third kappa shape index (κ3) is 3.78. The minimum atomic E-state index is 0.418. The van der Waals surface area contributed by atoms with Crippen LogP contribution in [0.4, 0.5) is 0 Å². The van der Waals surface area contributed by atoms with Crippen LogP contribution in [0.1, 0.15) is 45.4 Å². The molecule has 0 aromatic carbocycles. The lowest BCUT2D eigenvalue weighted by Gasteiger charge is -2.37. The van der Waals surface area contributed by atoms with E-state index in [1.54, 1.807) is 0 Å². The van der Waals surface area contributed by atoms with E-state index in [0.29, 0.717) is 12.3 Å². The molecule has 0 N–H and O–H groups in total. The zero-order valence-electron chi connectivity index (χ0n) is 11.2. The van der Waals surface area contributed by atoms with Crippen molar-refractivity contribution in [1.29, 1.82) is 0 Å². The summed E-state index contributed by atoms with van der Waals surface area (Å²) in [6.07, 6.45) is 7.37. The molecule has 0 unspecified atom stereocenters. The van der Waals surface area contributed by atoms with E-state index in [-0.39, 0.29) is 0 Å². The Morgan fingerprint density at radius 2 is 1.76 bits per heavy atom. The van der Waals surface area contributed by atoms with E-state index in [1.807, 2.05) is 0 Å². The number of ketones is 1. The van der Waals surface area contributed by atoms with Gasteiger partial charge in [0.05, 0.1) is 6.54 Å². The molecule has 2 fully saturated rings. The highest BCUT2D eigenvalue weighted by Crippen LogP contribution is 2.24. The van der Waals surface area contributed by atoms with Gasteiger partial charge in [-0.1, -0.05) is 19.8 Å². The Bertz CT molecular complexity index is 241. The Morgan fingerprint density at radius 1 is 1.12 bits per heavy atom. The van der Waals surface area contributed by atoms with Crippen LogP contribution in [-0.2, 0) is 4.79 Å². The molecule has 1 aliphatic carbocycles. The summed E-state index contributed by atoms with van der Waals surface area (Å²) in [5, 5.41) is 0. The molecule has 3 heteroatoms. The third-order valence-corrected chi connectivity index (χ3v) is 4.18. The van der Waals surface area contributed by atoms with E-state index < -0.39 is 0 Å². The van der Waals surface area contributed by atoms with E-state index in [9.17, 15) is 4.79 Å². The van der Waals surface area contributed by atoms with Gasteiger partial charge in [-0.2, -0.15) is 0 Å². The smallest absolute Gasteiger partial charge is 0.146 e. The van der Waals surface area contributed by atoms with Gasteiger partial charge in [0.15, 0.2) is 0 Å². The summed E-state index contributed by atoms with van der Waals surface area (Å²) in [4.78, 5) is 16.6. The largest absolute Gasteiger partial charge is 0.298 e. The second kappa shape index (κ2) is 6.50. The molecule has 0 radical (unpaired) electrons. The first-order chi connectivity index (χ1) is 8.29. The fourth-order valence-corrected chi connectivity index (χ4v) is 3.16. The standard InChI is InChI=1S/C14H26N2O/c1-2-5-14(17)12-15-8-10-16(11-9-15)13-6-3-4-7-13/h13H,2-12H2,1H3. The van der Waals surface area contributed by atoms with Gasteiger partial charge in [0.1, 0.15) is 5.78 Å². The molecule has 98 valence electrons. The van der Waals surface area contributed by atoms with Gasteiger partial charge >= 0.3 is 0 Å². The number of hydrogen-bond acceptors (Lipinski definition) is 3. The Balaban J connectivity index is 1.68. The molecular formula is C14H26N2O. The van der Waals surface area contributed by atoms with E-state index >= 15 is 0 Å². The number of hydrogen-bond donors (Lipinski definition) is 0. The zero-order valence-corrected chi connectivity index (χ0v) is 11.2. The number of carbonyl (C=O) groups excluding carboxylic acids is 1. The number of nitrogens with zero attached hydrogens (tertiary/aromatic N) is 2. The molecule has 0 bridgehead atoms. The average molecular weight is 238 g/mol. The molecule has 2 rings (SSSR count). The van der Waals surface area contributed by atoms with Crippen molar-refractivity contribution >= 4 is 5.78 Å². The maximum Gasteiger partial charge on any atom is 0.146 e. The Hall–Kier alpha value is -0.410. The highest BCUT2D eigenvalue weighted by atomic mass is 16.1. The summed E-state index contributed by atoms with van der Waals surface area (Å²) in [6, 6.07) is 0.850. The Morgan fingerprint density at radius 3 is 2.35 bits per heavy atom. The molecule has 2 aliphatic rings. The number of Topliss-reactive ketones (excluding diaryl/α,β-unsaturated/α-hetero) is 1. The lowest BCUT2D eigenvalue weighted by Crippen LogP contribution is -2.50. The topological polar surface area (TPSA) is 23.6 Å². The molecule has 1 saturated carbocycles. The second-order valence-corrected chi connectivity index (χ2v) is 5.54. The van der Waals surface area contributed by atoms with Crippen LogP contribution in [0.2, 0.25) is 0 Å². The van der Waals surface area contributed by atoms with Crippen LogP contribution < -0.4 is 0 Å². The number of rotatable bonds is 5. The van der Waals surface area contributed by atoms with Gasteiger partial charge in [-0.15, -0.1) is 0 Å². The van der Waals surface area contributed by atoms with E-state index in [2.05, 4.69) is 16.7 Å². The highest BCUT2D eigenvalue weighted by Gasteiger charge is 2.26. The van der Waals surface area contributed by atoms with Crippen molar-refractivity contribution in [2.75, 3.05) is 32.7 Å². The van der Waals surface area contributed by atoms with Gasteiger partial charge in [-0.25, -0.2) is 0 Å². The first kappa shape index (κ1) is 13.0. The molecule has 17 heavy (non-hydrogen) atoms. The second-order valence-electron chi connectivity index (χ2n) is 5.54. The van der Waals surface area contributed by atoms with Gasteiger partial charge in [-0.3, -0.25) is 14.6 Å². The van der Waals surface area contributed by atoms with Gasteiger partial charge in [0, 0.05) is 38.6 Å². The molecule has 0 atom stereocenters. The van der Waals surface area contributed by atoms with Crippen molar-refractivity contribution in [3.63, 3.8) is 0 Å². The third-order valence-electron chi connectivity index (χ3n) is 4.18. The van der Waals surface area contributed by atoms with Crippen molar-refractivity contribution in [1.82, 2.24) is 9.80 Å². The van der Waals surface area contributed by atoms with Crippen LogP contribution in [0.25, 0.3) is 0 Å². The van der Waals surface area contributed by atoms with E-state index in [1.165, 1.54) is 38.8 Å². The maximum atomic E-state index is 11.6. The molecule has 1 heterocycles. The van der Waals surface area contributed by atoms with Gasteiger partial charge in [0.25, 0.3) is 0 Å². The fraction of sp³-hybridized carbons (Fsp3) is 0.929. The minimum Gasteiger partial charge on any atom is -0.298 e. The van der Waals surface area contributed by atoms with Crippen molar-refractivity contribution in [3.05, 3.63) is 0 Å². The monoisotopic (exact) mass is 238 g/mol. The van der Waals surface area contributed by atoms with Crippen molar-refractivity contribution < 1.29 is 4.79 Å². The zero-order chi connectivity index (χ0) is 12.1. The lowest BCUT2D eigenvalue weighted by atomic mass is 10.1. The molecule has 1 aliphatic heterocycles. The fourth-order valence-electron chi connectivity index (χ4n) is 3.16. The molecule has 1 saturated heterocycles. The predicted octanol–water partition coefficient (Wildman–Crippen LogP) is 1.92. The molecule has 0 aromatic rings. The summed E-state index contributed by atoms with van der Waals surface area (Å²) < 4.78 is 0. The van der Waals surface area contributed by atoms with Crippen LogP contribution >= 0.6 is 0 Å². The van der Waals surface area contributed by atoms with Crippen LogP contribution in [-0.4, -0.2) is 54.3 Å². The van der Waals surface area contributed by atoms with Crippen LogP contribution in [0.5, 0.6) is 0 Å². The van der Waals surface area contributed by atoms with Crippen molar-refractivity contribution in [2.45, 2.75) is 51.5 Å². The Labute approximate surface area is 105 Å². The maximum absolute atomic E-state index is 11.6. The van der Waals surface area contributed by atoms with Gasteiger partial charge < -0.3 is 0 Å². The summed E-state index contributed by atoms with van der Waals surface area (Å²) in [7, 11) is 0. The van der Waals surface area contributed by atoms with Crippen molar-refractivity contribution in [3.8, 4) is 0 Å². The van der Waals surface area contributed by atoms with Crippen LogP contribution in [0, 0.1) is 0 Å².